The fourth-order valence-corrected chi connectivity index (χ4v) is 0.970. The van der Waals surface area contributed by atoms with Crippen LogP contribution in [0.15, 0.2) is 18.2 Å². The second-order valence-corrected chi connectivity index (χ2v) is 4.17. The molecule has 0 amide bonds. The molecule has 0 aliphatic carbocycles. The van der Waals surface area contributed by atoms with Gasteiger partial charge < -0.3 is 4.74 Å². The summed E-state index contributed by atoms with van der Waals surface area (Å²) in [6.45, 7) is 8.71. The number of hydrogen-bond donors (Lipinski definition) is 0. The summed E-state index contributed by atoms with van der Waals surface area (Å²) in [6, 6.07) is 5.98. The van der Waals surface area contributed by atoms with Crippen LogP contribution in [0, 0.1) is 6.92 Å². The van der Waals surface area contributed by atoms with Crippen LogP contribution in [0.2, 0.25) is 0 Å². The van der Waals surface area contributed by atoms with Gasteiger partial charge >= 0.3 is 0 Å². The van der Waals surface area contributed by atoms with Crippen molar-refractivity contribution in [1.29, 1.82) is 0 Å². The van der Waals surface area contributed by atoms with Crippen molar-refractivity contribution in [2.45, 2.75) is 39.9 Å². The topological polar surface area (TPSA) is 22.1 Å². The van der Waals surface area contributed by atoms with Gasteiger partial charge in [-0.05, 0) is 39.8 Å². The zero-order chi connectivity index (χ0) is 9.90. The molecular formula is C11H17NO. The summed E-state index contributed by atoms with van der Waals surface area (Å²) in [5, 5.41) is 0. The summed E-state index contributed by atoms with van der Waals surface area (Å²) in [6.07, 6.45) is 0. The fraction of sp³-hybridized carbons (Fsp3) is 0.545. The molecule has 0 radical (unpaired) electrons. The minimum Gasteiger partial charge on any atom is -0.370 e. The van der Waals surface area contributed by atoms with Crippen LogP contribution in [0.4, 0.5) is 0 Å². The van der Waals surface area contributed by atoms with Crippen LogP contribution in [0.25, 0.3) is 0 Å². The second kappa shape index (κ2) is 3.88. The molecule has 0 N–H and O–H groups in total. The van der Waals surface area contributed by atoms with Gasteiger partial charge in [0.15, 0.2) is 0 Å². The van der Waals surface area contributed by atoms with E-state index in [0.29, 0.717) is 6.61 Å². The van der Waals surface area contributed by atoms with Crippen molar-refractivity contribution >= 4 is 0 Å². The SMILES string of the molecule is Cc1cccc(COC(C)(C)C)n1. The molecule has 0 unspecified atom stereocenters. The van der Waals surface area contributed by atoms with Crippen LogP contribution >= 0.6 is 0 Å². The predicted octanol–water partition coefficient (Wildman–Crippen LogP) is 2.71. The lowest BCUT2D eigenvalue weighted by atomic mass is 10.2. The maximum atomic E-state index is 5.61. The third-order valence-electron chi connectivity index (χ3n) is 1.60. The van der Waals surface area contributed by atoms with Gasteiger partial charge in [0.05, 0.1) is 17.9 Å². The molecule has 2 nitrogen and oxygen atoms in total. The Kier molecular flexibility index (Phi) is 3.04. The Bertz CT molecular complexity index is 276. The zero-order valence-corrected chi connectivity index (χ0v) is 8.79. The van der Waals surface area contributed by atoms with Crippen molar-refractivity contribution < 1.29 is 4.74 Å². The summed E-state index contributed by atoms with van der Waals surface area (Å²) in [4.78, 5) is 4.35. The molecule has 0 saturated carbocycles. The first kappa shape index (κ1) is 10.2. The lowest BCUT2D eigenvalue weighted by Crippen LogP contribution is -2.19. The molecule has 2 heteroatoms. The Hall–Kier alpha value is -0.890. The van der Waals surface area contributed by atoms with Gasteiger partial charge in [-0.1, -0.05) is 6.07 Å². The third-order valence-corrected chi connectivity index (χ3v) is 1.60. The van der Waals surface area contributed by atoms with Crippen molar-refractivity contribution in [3.8, 4) is 0 Å². The number of aryl methyl sites for hydroxylation is 1. The van der Waals surface area contributed by atoms with Crippen molar-refractivity contribution in [2.75, 3.05) is 0 Å². The summed E-state index contributed by atoms with van der Waals surface area (Å²) >= 11 is 0. The number of pyridine rings is 1. The minimum atomic E-state index is -0.0918. The first-order chi connectivity index (χ1) is 5.97. The number of nitrogens with zero attached hydrogens (tertiary/aromatic N) is 1. The van der Waals surface area contributed by atoms with Gasteiger partial charge in [0.1, 0.15) is 0 Å². The van der Waals surface area contributed by atoms with Crippen molar-refractivity contribution in [1.82, 2.24) is 4.98 Å². The molecule has 0 fully saturated rings. The molecule has 1 heterocycles. The molecule has 1 rings (SSSR count). The standard InChI is InChI=1S/C11H17NO/c1-9-6-5-7-10(12-9)8-13-11(2,3)4/h5-7H,8H2,1-4H3. The molecule has 0 aromatic carbocycles. The largest absolute Gasteiger partial charge is 0.370 e. The Morgan fingerprint density at radius 1 is 1.31 bits per heavy atom. The van der Waals surface area contributed by atoms with E-state index in [9.17, 15) is 0 Å². The maximum Gasteiger partial charge on any atom is 0.0895 e. The lowest BCUT2D eigenvalue weighted by Gasteiger charge is -2.19. The average Bonchev–Trinajstić information content (AvgIpc) is 2.00. The van der Waals surface area contributed by atoms with Gasteiger partial charge in [0.25, 0.3) is 0 Å². The van der Waals surface area contributed by atoms with Gasteiger partial charge in [-0.3, -0.25) is 4.98 Å². The van der Waals surface area contributed by atoms with E-state index in [-0.39, 0.29) is 5.60 Å². The first-order valence-electron chi connectivity index (χ1n) is 4.54. The quantitative estimate of drug-likeness (QED) is 0.696. The third kappa shape index (κ3) is 4.04. The normalized spacial score (nSPS) is 11.7. The van der Waals surface area contributed by atoms with E-state index in [1.54, 1.807) is 0 Å². The lowest BCUT2D eigenvalue weighted by molar-refractivity contribution is -0.0165. The summed E-state index contributed by atoms with van der Waals surface area (Å²) in [5.41, 5.74) is 1.94. The molecule has 1 aromatic heterocycles. The molecule has 0 aliphatic heterocycles. The zero-order valence-electron chi connectivity index (χ0n) is 8.79. The van der Waals surface area contributed by atoms with Crippen LogP contribution in [0.5, 0.6) is 0 Å². The fourth-order valence-electron chi connectivity index (χ4n) is 0.970. The molecule has 0 atom stereocenters. The second-order valence-electron chi connectivity index (χ2n) is 4.17. The summed E-state index contributed by atoms with van der Waals surface area (Å²) in [7, 11) is 0. The number of ether oxygens (including phenoxy) is 1. The molecule has 72 valence electrons. The van der Waals surface area contributed by atoms with Crippen molar-refractivity contribution in [2.24, 2.45) is 0 Å². The number of hydrogen-bond acceptors (Lipinski definition) is 2. The Morgan fingerprint density at radius 2 is 2.00 bits per heavy atom. The molecule has 0 spiro atoms. The predicted molar refractivity (Wildman–Crippen MR) is 53.5 cm³/mol. The Balaban J connectivity index is 2.55. The van der Waals surface area contributed by atoms with Gasteiger partial charge in [-0.15, -0.1) is 0 Å². The summed E-state index contributed by atoms with van der Waals surface area (Å²) < 4.78 is 5.61. The Morgan fingerprint density at radius 3 is 2.54 bits per heavy atom. The van der Waals surface area contributed by atoms with Crippen LogP contribution in [-0.2, 0) is 11.3 Å². The van der Waals surface area contributed by atoms with E-state index < -0.39 is 0 Å². The van der Waals surface area contributed by atoms with Crippen LogP contribution in [0.1, 0.15) is 32.2 Å². The molecule has 0 aliphatic rings. The highest BCUT2D eigenvalue weighted by Crippen LogP contribution is 2.10. The van der Waals surface area contributed by atoms with Gasteiger partial charge in [0.2, 0.25) is 0 Å². The minimum absolute atomic E-state index is 0.0918. The Labute approximate surface area is 80.0 Å². The molecule has 1 aromatic rings. The van der Waals surface area contributed by atoms with E-state index in [2.05, 4.69) is 4.98 Å². The van der Waals surface area contributed by atoms with Gasteiger partial charge in [-0.2, -0.15) is 0 Å². The van der Waals surface area contributed by atoms with Crippen LogP contribution in [0.3, 0.4) is 0 Å². The van der Waals surface area contributed by atoms with Crippen molar-refractivity contribution in [3.63, 3.8) is 0 Å². The summed E-state index contributed by atoms with van der Waals surface area (Å²) in [5.74, 6) is 0. The smallest absolute Gasteiger partial charge is 0.0895 e. The van der Waals surface area contributed by atoms with Gasteiger partial charge in [-0.25, -0.2) is 0 Å². The van der Waals surface area contributed by atoms with E-state index in [4.69, 9.17) is 4.74 Å². The number of rotatable bonds is 2. The van der Waals surface area contributed by atoms with Crippen LogP contribution in [-0.4, -0.2) is 10.6 Å². The first-order valence-corrected chi connectivity index (χ1v) is 4.54. The molecule has 13 heavy (non-hydrogen) atoms. The molecule has 0 bridgehead atoms. The van der Waals surface area contributed by atoms with E-state index in [1.165, 1.54) is 0 Å². The van der Waals surface area contributed by atoms with Gasteiger partial charge in [0, 0.05) is 5.69 Å². The average molecular weight is 179 g/mol. The van der Waals surface area contributed by atoms with Crippen LogP contribution < -0.4 is 0 Å². The van der Waals surface area contributed by atoms with Crippen molar-refractivity contribution in [3.05, 3.63) is 29.6 Å². The molecule has 0 saturated heterocycles. The molecular weight excluding hydrogens is 162 g/mol. The maximum absolute atomic E-state index is 5.61. The highest BCUT2D eigenvalue weighted by molar-refractivity contribution is 5.08. The highest BCUT2D eigenvalue weighted by Gasteiger charge is 2.10. The highest BCUT2D eigenvalue weighted by atomic mass is 16.5. The number of aromatic nitrogens is 1. The van der Waals surface area contributed by atoms with E-state index >= 15 is 0 Å². The van der Waals surface area contributed by atoms with E-state index in [1.807, 2.05) is 45.9 Å². The monoisotopic (exact) mass is 179 g/mol. The van der Waals surface area contributed by atoms with E-state index in [0.717, 1.165) is 11.4 Å².